The molecule has 2 rings (SSSR count). The molecule has 0 amide bonds. The van der Waals surface area contributed by atoms with Crippen LogP contribution in [0.15, 0.2) is 56.4 Å². The predicted octanol–water partition coefficient (Wildman–Crippen LogP) is 0.688. The topological polar surface area (TPSA) is 0 Å². The minimum atomic E-state index is 0. The second kappa shape index (κ2) is 15.5. The molecule has 0 unspecified atom stereocenters. The average molecular weight is 389 g/mol. The molecule has 0 heterocycles. The summed E-state index contributed by atoms with van der Waals surface area (Å²) in [5.74, 6) is 0. The number of unbranched alkanes of at least 4 members (excludes halogenated alkanes) is 2. The van der Waals surface area contributed by atoms with Gasteiger partial charge < -0.3 is 24.8 Å². The van der Waals surface area contributed by atoms with E-state index in [-0.39, 0.29) is 44.0 Å². The normalized spacial score (nSPS) is 14.9. The molecule has 0 atom stereocenters. The van der Waals surface area contributed by atoms with Crippen LogP contribution in [0, 0.1) is 0 Å². The molecule has 0 aliphatic heterocycles. The molecule has 0 nitrogen and oxygen atoms in total. The van der Waals surface area contributed by atoms with Crippen LogP contribution < -0.4 is 24.8 Å². The summed E-state index contributed by atoms with van der Waals surface area (Å²) in [6, 6.07) is 0. The van der Waals surface area contributed by atoms with Crippen molar-refractivity contribution in [3.8, 4) is 0 Å². The van der Waals surface area contributed by atoms with Gasteiger partial charge >= 0.3 is 128 Å². The zero-order valence-corrected chi connectivity index (χ0v) is 17.7. The Morgan fingerprint density at radius 3 is 1.57 bits per heavy atom. The van der Waals surface area contributed by atoms with Gasteiger partial charge in [0.15, 0.2) is 0 Å². The fourth-order valence-corrected chi connectivity index (χ4v) is 4.74. The Balaban J connectivity index is 0. The summed E-state index contributed by atoms with van der Waals surface area (Å²) in [4.78, 5) is 0. The van der Waals surface area contributed by atoms with E-state index in [0.717, 1.165) is 0 Å². The van der Waals surface area contributed by atoms with E-state index in [1.54, 1.807) is 18.9 Å². The van der Waals surface area contributed by atoms with Gasteiger partial charge in [-0.25, -0.2) is 0 Å². The summed E-state index contributed by atoms with van der Waals surface area (Å²) < 4.78 is 3.50. The van der Waals surface area contributed by atoms with Crippen molar-refractivity contribution in [2.45, 2.75) is 65.2 Å². The number of hydrogen-bond acceptors (Lipinski definition) is 0. The maximum atomic E-state index is 3.00. The van der Waals surface area contributed by atoms with E-state index in [9.17, 15) is 0 Å². The molecule has 0 fully saturated rings. The molecule has 0 saturated heterocycles. The van der Waals surface area contributed by atoms with E-state index in [0.29, 0.717) is 0 Å². The standard InChI is InChI=1S/2C9H13.C2H4.2ClH.Ti/c2*1-2-3-6-9-7-4-5-8-9;1-2;;;/h2*7-8H,2-4,6H2,1H3;1-2H2;2*1H;/q;;;;;+2/p-2. The van der Waals surface area contributed by atoms with E-state index < -0.39 is 0 Å². The van der Waals surface area contributed by atoms with Crippen LogP contribution in [-0.4, -0.2) is 0 Å². The van der Waals surface area contributed by atoms with Crippen LogP contribution in [-0.2, 0) is 19.2 Å². The van der Waals surface area contributed by atoms with Gasteiger partial charge in [-0.1, -0.05) is 0 Å². The molecule has 0 bridgehead atoms. The van der Waals surface area contributed by atoms with Crippen LogP contribution in [0.25, 0.3) is 0 Å². The average Bonchev–Trinajstić information content (AvgIpc) is 3.15. The van der Waals surface area contributed by atoms with Crippen LogP contribution in [0.1, 0.15) is 65.2 Å². The van der Waals surface area contributed by atoms with Crippen molar-refractivity contribution in [3.05, 3.63) is 56.4 Å². The van der Waals surface area contributed by atoms with E-state index in [4.69, 9.17) is 0 Å². The summed E-state index contributed by atoms with van der Waals surface area (Å²) >= 11 is 0.00556. The van der Waals surface area contributed by atoms with E-state index in [1.165, 1.54) is 51.4 Å². The SMILES string of the molecule is C=C.CCCCC1=CC[C]([Ti+2][C]2=CC(CCCC)=CC2)=C1.[Cl-].[Cl-]. The number of halogens is 2. The van der Waals surface area contributed by atoms with Gasteiger partial charge in [-0.2, -0.15) is 0 Å². The van der Waals surface area contributed by atoms with Crippen LogP contribution in [0.3, 0.4) is 0 Å². The minimum Gasteiger partial charge on any atom is -1.00 e. The number of allylic oxidation sites excluding steroid dienone is 8. The molecule has 0 aromatic rings. The Morgan fingerprint density at radius 2 is 1.22 bits per heavy atom. The van der Waals surface area contributed by atoms with Gasteiger partial charge in [-0.3, -0.25) is 0 Å². The van der Waals surface area contributed by atoms with Gasteiger partial charge in [-0.05, 0) is 0 Å². The predicted molar refractivity (Wildman–Crippen MR) is 91.9 cm³/mol. The molecule has 0 aromatic heterocycles. The first-order valence-corrected chi connectivity index (χ1v) is 9.94. The third-order valence-electron chi connectivity index (χ3n) is 3.85. The molecule has 0 spiro atoms. The van der Waals surface area contributed by atoms with E-state index >= 15 is 0 Å². The molecule has 0 N–H and O–H groups in total. The van der Waals surface area contributed by atoms with Crippen molar-refractivity contribution in [2.75, 3.05) is 0 Å². The van der Waals surface area contributed by atoms with E-state index in [2.05, 4.69) is 51.3 Å². The molecule has 3 heteroatoms. The molecular formula is C20H30Cl2Ti. The maximum absolute atomic E-state index is 3.00. The van der Waals surface area contributed by atoms with Crippen LogP contribution in [0.4, 0.5) is 0 Å². The second-order valence-electron chi connectivity index (χ2n) is 5.64. The molecule has 0 aromatic carbocycles. The fraction of sp³-hybridized carbons (Fsp3) is 0.500. The van der Waals surface area contributed by atoms with Crippen molar-refractivity contribution in [2.24, 2.45) is 0 Å². The second-order valence-corrected chi connectivity index (χ2v) is 8.03. The Morgan fingerprint density at radius 1 is 0.826 bits per heavy atom. The molecule has 2 aliphatic carbocycles. The monoisotopic (exact) mass is 388 g/mol. The quantitative estimate of drug-likeness (QED) is 0.424. The number of hydrogen-bond donors (Lipinski definition) is 0. The fourth-order valence-electron chi connectivity index (χ4n) is 2.66. The third-order valence-corrected chi connectivity index (χ3v) is 5.94. The van der Waals surface area contributed by atoms with Gasteiger partial charge in [0.1, 0.15) is 0 Å². The van der Waals surface area contributed by atoms with Crippen molar-refractivity contribution < 1.29 is 44.0 Å². The van der Waals surface area contributed by atoms with Crippen molar-refractivity contribution >= 4 is 0 Å². The van der Waals surface area contributed by atoms with Gasteiger partial charge in [0, 0.05) is 0 Å². The zero-order valence-electron chi connectivity index (χ0n) is 14.6. The van der Waals surface area contributed by atoms with Gasteiger partial charge in [0.25, 0.3) is 0 Å². The van der Waals surface area contributed by atoms with Crippen LogP contribution in [0.2, 0.25) is 0 Å². The molecule has 0 radical (unpaired) electrons. The molecular weight excluding hydrogens is 359 g/mol. The van der Waals surface area contributed by atoms with Crippen molar-refractivity contribution in [1.82, 2.24) is 0 Å². The first-order chi connectivity index (χ1) is 10.3. The van der Waals surface area contributed by atoms with Crippen molar-refractivity contribution in [1.29, 1.82) is 0 Å². The molecule has 2 aliphatic rings. The Kier molecular flexibility index (Phi) is 17.0. The maximum Gasteiger partial charge on any atom is -1.00 e. The first-order valence-electron chi connectivity index (χ1n) is 8.38. The van der Waals surface area contributed by atoms with E-state index in [1.807, 2.05) is 0 Å². The van der Waals surface area contributed by atoms with Crippen LogP contribution in [0.5, 0.6) is 0 Å². The smallest absolute Gasteiger partial charge is 1.00 e. The van der Waals surface area contributed by atoms with Crippen LogP contribution >= 0.6 is 0 Å². The Labute approximate surface area is 165 Å². The molecule has 0 saturated carbocycles. The largest absolute Gasteiger partial charge is 1.00 e. The van der Waals surface area contributed by atoms with Gasteiger partial charge in [0.05, 0.1) is 0 Å². The zero-order chi connectivity index (χ0) is 15.5. The summed E-state index contributed by atoms with van der Waals surface area (Å²) in [5, 5.41) is 0. The summed E-state index contributed by atoms with van der Waals surface area (Å²) in [7, 11) is 0. The Bertz CT molecular complexity index is 405. The summed E-state index contributed by atoms with van der Waals surface area (Å²) in [6.07, 6.45) is 20.4. The Hall–Kier alpha value is -0.00571. The van der Waals surface area contributed by atoms with Gasteiger partial charge in [0.2, 0.25) is 0 Å². The van der Waals surface area contributed by atoms with Gasteiger partial charge in [-0.15, -0.1) is 13.2 Å². The summed E-state index contributed by atoms with van der Waals surface area (Å²) in [5.41, 5.74) is 3.22. The van der Waals surface area contributed by atoms with Crippen molar-refractivity contribution in [3.63, 3.8) is 0 Å². The third kappa shape index (κ3) is 9.77. The molecule has 128 valence electrons. The first kappa shape index (κ1) is 25.2. The summed E-state index contributed by atoms with van der Waals surface area (Å²) in [6.45, 7) is 10.6. The molecule has 23 heavy (non-hydrogen) atoms. The minimum absolute atomic E-state index is 0. The number of rotatable bonds is 8.